The molecule has 0 aliphatic carbocycles. The topological polar surface area (TPSA) is 58.2 Å². The van der Waals surface area contributed by atoms with Crippen LogP contribution in [-0.4, -0.2) is 31.1 Å². The van der Waals surface area contributed by atoms with E-state index in [0.29, 0.717) is 5.02 Å². The summed E-state index contributed by atoms with van der Waals surface area (Å²) in [6.07, 6.45) is -4.76. The smallest absolute Gasteiger partial charge is 0.352 e. The monoisotopic (exact) mass is 342 g/mol. The Kier molecular flexibility index (Phi) is 6.29. The quantitative estimate of drug-likeness (QED) is 0.808. The summed E-state index contributed by atoms with van der Waals surface area (Å²) in [5.74, 6) is -2.50. The lowest BCUT2D eigenvalue weighted by Gasteiger charge is -2.09. The number of alkyl halides is 3. The zero-order valence-corrected chi connectivity index (χ0v) is 12.1. The van der Waals surface area contributed by atoms with E-state index in [0.717, 1.165) is 0 Å². The van der Waals surface area contributed by atoms with Crippen LogP contribution in [0, 0.1) is 0 Å². The molecule has 0 unspecified atom stereocenters. The van der Waals surface area contributed by atoms with Crippen molar-refractivity contribution in [1.29, 1.82) is 0 Å². The number of halogens is 5. The molecule has 0 aliphatic heterocycles. The number of hydrogen-bond donors (Lipinski definition) is 2. The minimum Gasteiger partial charge on any atom is -0.352 e. The third-order valence-electron chi connectivity index (χ3n) is 2.36. The number of hydrogen-bond acceptors (Lipinski definition) is 2. The normalized spacial score (nSPS) is 11.1. The van der Waals surface area contributed by atoms with Crippen molar-refractivity contribution in [3.63, 3.8) is 0 Å². The maximum Gasteiger partial charge on any atom is 0.471 e. The molecule has 2 amide bonds. The Morgan fingerprint density at radius 2 is 1.71 bits per heavy atom. The molecule has 0 saturated heterocycles. The number of benzene rings is 1. The molecule has 2 N–H and O–H groups in total. The Labute approximate surface area is 128 Å². The van der Waals surface area contributed by atoms with Crippen molar-refractivity contribution in [2.45, 2.75) is 12.6 Å². The van der Waals surface area contributed by atoms with Gasteiger partial charge in [0.05, 0.1) is 10.6 Å². The van der Waals surface area contributed by atoms with E-state index in [4.69, 9.17) is 23.2 Å². The maximum atomic E-state index is 11.9. The highest BCUT2D eigenvalue weighted by Crippen LogP contribution is 2.20. The predicted octanol–water partition coefficient (Wildman–Crippen LogP) is 2.79. The van der Waals surface area contributed by atoms with E-state index in [1.165, 1.54) is 18.2 Å². The van der Waals surface area contributed by atoms with Crippen LogP contribution >= 0.6 is 23.2 Å². The lowest BCUT2D eigenvalue weighted by atomic mass is 10.2. The van der Waals surface area contributed by atoms with Gasteiger partial charge < -0.3 is 10.6 Å². The molecule has 0 radical (unpaired) electrons. The van der Waals surface area contributed by atoms with Crippen LogP contribution in [0.15, 0.2) is 18.2 Å². The van der Waals surface area contributed by atoms with Gasteiger partial charge in [0.15, 0.2) is 0 Å². The van der Waals surface area contributed by atoms with Crippen LogP contribution in [0.3, 0.4) is 0 Å². The van der Waals surface area contributed by atoms with E-state index in [9.17, 15) is 22.8 Å². The highest BCUT2D eigenvalue weighted by Gasteiger charge is 2.38. The zero-order chi connectivity index (χ0) is 16.0. The highest BCUT2D eigenvalue weighted by atomic mass is 35.5. The SMILES string of the molecule is O=C(NCCCNC(=O)C(F)(F)F)c1cc(Cl)ccc1Cl. The molecular formula is C12H11Cl2F3N2O2. The van der Waals surface area contributed by atoms with Crippen LogP contribution in [0.2, 0.25) is 10.0 Å². The van der Waals surface area contributed by atoms with Gasteiger partial charge in [-0.2, -0.15) is 13.2 Å². The van der Waals surface area contributed by atoms with Gasteiger partial charge in [0.1, 0.15) is 0 Å². The molecule has 1 aromatic carbocycles. The van der Waals surface area contributed by atoms with Gasteiger partial charge in [-0.3, -0.25) is 9.59 Å². The Bertz CT molecular complexity index is 536. The average molecular weight is 343 g/mol. The van der Waals surface area contributed by atoms with Crippen LogP contribution in [0.4, 0.5) is 13.2 Å². The van der Waals surface area contributed by atoms with Crippen molar-refractivity contribution in [1.82, 2.24) is 10.6 Å². The molecule has 116 valence electrons. The molecule has 4 nitrogen and oxygen atoms in total. The minimum absolute atomic E-state index is 0.0831. The van der Waals surface area contributed by atoms with Crippen LogP contribution < -0.4 is 10.6 Å². The molecule has 9 heteroatoms. The van der Waals surface area contributed by atoms with E-state index >= 15 is 0 Å². The Balaban J connectivity index is 2.35. The Morgan fingerprint density at radius 1 is 1.10 bits per heavy atom. The van der Waals surface area contributed by atoms with Gasteiger partial charge in [-0.1, -0.05) is 23.2 Å². The minimum atomic E-state index is -4.91. The van der Waals surface area contributed by atoms with E-state index in [-0.39, 0.29) is 30.1 Å². The standard InChI is InChI=1S/C12H11Cl2F3N2O2/c13-7-2-3-9(14)8(6-7)10(20)18-4-1-5-19-11(21)12(15,16)17/h2-3,6H,1,4-5H2,(H,18,20)(H,19,21). The van der Waals surface area contributed by atoms with Crippen LogP contribution in [0.25, 0.3) is 0 Å². The molecule has 0 fully saturated rings. The third kappa shape index (κ3) is 5.81. The van der Waals surface area contributed by atoms with Gasteiger partial charge in [0.25, 0.3) is 5.91 Å². The summed E-state index contributed by atoms with van der Waals surface area (Å²) >= 11 is 11.6. The van der Waals surface area contributed by atoms with Crippen LogP contribution in [0.1, 0.15) is 16.8 Å². The fraction of sp³-hybridized carbons (Fsp3) is 0.333. The first-order valence-corrected chi connectivity index (χ1v) is 6.55. The molecular weight excluding hydrogens is 332 g/mol. The van der Waals surface area contributed by atoms with Gasteiger partial charge in [-0.25, -0.2) is 0 Å². The number of carbonyl (C=O) groups excluding carboxylic acids is 2. The fourth-order valence-corrected chi connectivity index (χ4v) is 1.73. The van der Waals surface area contributed by atoms with Crippen LogP contribution in [0.5, 0.6) is 0 Å². The van der Waals surface area contributed by atoms with Crippen molar-refractivity contribution in [3.8, 4) is 0 Å². The summed E-state index contributed by atoms with van der Waals surface area (Å²) in [6.45, 7) is -0.123. The van der Waals surface area contributed by atoms with Crippen LogP contribution in [-0.2, 0) is 4.79 Å². The molecule has 0 saturated carbocycles. The number of carbonyl (C=O) groups is 2. The Morgan fingerprint density at radius 3 is 2.33 bits per heavy atom. The first-order chi connectivity index (χ1) is 9.71. The van der Waals surface area contributed by atoms with Crippen molar-refractivity contribution < 1.29 is 22.8 Å². The zero-order valence-electron chi connectivity index (χ0n) is 10.6. The molecule has 1 rings (SSSR count). The lowest BCUT2D eigenvalue weighted by molar-refractivity contribution is -0.173. The number of rotatable bonds is 5. The molecule has 0 heterocycles. The maximum absolute atomic E-state index is 11.9. The second-order valence-corrected chi connectivity index (χ2v) is 4.83. The number of nitrogens with one attached hydrogen (secondary N) is 2. The summed E-state index contributed by atoms with van der Waals surface area (Å²) in [5.41, 5.74) is 0.170. The molecule has 21 heavy (non-hydrogen) atoms. The van der Waals surface area contributed by atoms with Crippen molar-refractivity contribution in [3.05, 3.63) is 33.8 Å². The van der Waals surface area contributed by atoms with E-state index < -0.39 is 18.0 Å². The summed E-state index contributed by atoms with van der Waals surface area (Å²) in [5, 5.41) is 4.70. The van der Waals surface area contributed by atoms with Crippen molar-refractivity contribution >= 4 is 35.0 Å². The highest BCUT2D eigenvalue weighted by molar-refractivity contribution is 6.35. The van der Waals surface area contributed by atoms with Gasteiger partial charge in [-0.05, 0) is 24.6 Å². The number of amides is 2. The van der Waals surface area contributed by atoms with E-state index in [2.05, 4.69) is 5.32 Å². The molecule has 1 aromatic rings. The third-order valence-corrected chi connectivity index (χ3v) is 2.92. The second kappa shape index (κ2) is 7.51. The average Bonchev–Trinajstić information content (AvgIpc) is 2.39. The van der Waals surface area contributed by atoms with Crippen molar-refractivity contribution in [2.75, 3.05) is 13.1 Å². The molecule has 0 spiro atoms. The molecule has 0 aromatic heterocycles. The molecule has 0 atom stereocenters. The lowest BCUT2D eigenvalue weighted by Crippen LogP contribution is -2.38. The first-order valence-electron chi connectivity index (χ1n) is 5.80. The van der Waals surface area contributed by atoms with Crippen molar-refractivity contribution in [2.24, 2.45) is 0 Å². The largest absolute Gasteiger partial charge is 0.471 e. The fourth-order valence-electron chi connectivity index (χ4n) is 1.36. The van der Waals surface area contributed by atoms with Gasteiger partial charge in [0.2, 0.25) is 0 Å². The molecule has 0 bridgehead atoms. The van der Waals surface area contributed by atoms with E-state index in [1.807, 2.05) is 0 Å². The van der Waals surface area contributed by atoms with Gasteiger partial charge in [-0.15, -0.1) is 0 Å². The first kappa shape index (κ1) is 17.6. The van der Waals surface area contributed by atoms with E-state index in [1.54, 1.807) is 5.32 Å². The molecule has 0 aliphatic rings. The summed E-state index contributed by atoms with van der Waals surface area (Å²) in [4.78, 5) is 22.3. The summed E-state index contributed by atoms with van der Waals surface area (Å²) < 4.78 is 35.6. The Hall–Kier alpha value is -1.47. The summed E-state index contributed by atoms with van der Waals surface area (Å²) in [7, 11) is 0. The van der Waals surface area contributed by atoms with Gasteiger partial charge in [0, 0.05) is 18.1 Å². The second-order valence-electron chi connectivity index (χ2n) is 3.99. The predicted molar refractivity (Wildman–Crippen MR) is 72.5 cm³/mol. The van der Waals surface area contributed by atoms with Gasteiger partial charge >= 0.3 is 12.1 Å². The summed E-state index contributed by atoms with van der Waals surface area (Å²) in [6, 6.07) is 4.36.